The number of aromatic nitrogens is 4. The first kappa shape index (κ1) is 22.8. The summed E-state index contributed by atoms with van der Waals surface area (Å²) in [5.41, 5.74) is 0.435. The molecule has 0 bridgehead atoms. The molecule has 2 aromatic carbocycles. The molecule has 2 heterocycles. The van der Waals surface area contributed by atoms with Crippen molar-refractivity contribution in [3.63, 3.8) is 0 Å². The summed E-state index contributed by atoms with van der Waals surface area (Å²) in [5, 5.41) is 3.66. The van der Waals surface area contributed by atoms with E-state index in [1.54, 1.807) is 36.4 Å². The van der Waals surface area contributed by atoms with E-state index in [0.717, 1.165) is 24.6 Å². The molecule has 1 fully saturated rings. The van der Waals surface area contributed by atoms with Crippen LogP contribution in [0.5, 0.6) is 11.6 Å². The Kier molecular flexibility index (Phi) is 6.33. The van der Waals surface area contributed by atoms with Crippen molar-refractivity contribution < 1.29 is 9.13 Å². The van der Waals surface area contributed by atoms with Crippen molar-refractivity contribution in [2.75, 3.05) is 5.32 Å². The summed E-state index contributed by atoms with van der Waals surface area (Å²) >= 11 is 6.00. The van der Waals surface area contributed by atoms with Crippen LogP contribution in [0, 0.1) is 11.7 Å². The number of hydrogen-bond acceptors (Lipinski definition) is 6. The lowest BCUT2D eigenvalue weighted by Gasteiger charge is -2.16. The Morgan fingerprint density at radius 2 is 1.74 bits per heavy atom. The highest BCUT2D eigenvalue weighted by molar-refractivity contribution is 6.30. The number of benzene rings is 2. The van der Waals surface area contributed by atoms with Gasteiger partial charge in [0, 0.05) is 23.3 Å². The molecule has 0 unspecified atom stereocenters. The fraction of sp³-hybridized carbons (Fsp3) is 0.200. The highest BCUT2D eigenvalue weighted by atomic mass is 35.5. The van der Waals surface area contributed by atoms with Crippen molar-refractivity contribution in [1.82, 2.24) is 19.1 Å². The van der Waals surface area contributed by atoms with Gasteiger partial charge in [-0.1, -0.05) is 23.7 Å². The zero-order valence-corrected chi connectivity index (χ0v) is 19.3. The molecule has 1 saturated carbocycles. The first-order chi connectivity index (χ1) is 16.9. The molecule has 2 aromatic heterocycles. The molecule has 0 spiro atoms. The molecule has 178 valence electrons. The molecule has 0 radical (unpaired) electrons. The number of pyridine rings is 1. The SMILES string of the molecule is O=c1nc(Nc2ccc(Oc3ccc(F)cn3)cc2)n(Cc2ccc(Cl)cc2)c(=O)n1CC1CC1. The molecule has 1 N–H and O–H groups in total. The minimum Gasteiger partial charge on any atom is -0.439 e. The molecular weight excluding hydrogens is 473 g/mol. The van der Waals surface area contributed by atoms with Gasteiger partial charge in [0.05, 0.1) is 12.7 Å². The standard InChI is InChI=1S/C25H21ClFN5O3/c26-18-5-3-17(4-6-18)14-31-23(30-24(33)32(25(31)34)15-16-1-2-16)29-20-8-10-21(11-9-20)35-22-12-7-19(27)13-28-22/h3-13,16H,1-2,14-15H2,(H,29,30,33). The Balaban J connectivity index is 1.42. The third-order valence-corrected chi connectivity index (χ3v) is 5.83. The average Bonchev–Trinajstić information content (AvgIpc) is 3.67. The van der Waals surface area contributed by atoms with Crippen LogP contribution in [0.4, 0.5) is 16.0 Å². The number of nitrogens with zero attached hydrogens (tertiary/aromatic N) is 4. The lowest BCUT2D eigenvalue weighted by molar-refractivity contribution is 0.459. The Morgan fingerprint density at radius 3 is 2.40 bits per heavy atom. The number of halogens is 2. The summed E-state index contributed by atoms with van der Waals surface area (Å²) in [6, 6.07) is 16.6. The van der Waals surface area contributed by atoms with Crippen molar-refractivity contribution in [1.29, 1.82) is 0 Å². The van der Waals surface area contributed by atoms with Crippen LogP contribution in [0.2, 0.25) is 5.02 Å². The highest BCUT2D eigenvalue weighted by Gasteiger charge is 2.25. The van der Waals surface area contributed by atoms with Crippen LogP contribution in [-0.2, 0) is 13.1 Å². The van der Waals surface area contributed by atoms with Gasteiger partial charge in [0.2, 0.25) is 11.8 Å². The summed E-state index contributed by atoms with van der Waals surface area (Å²) in [6.07, 6.45) is 3.08. The van der Waals surface area contributed by atoms with Gasteiger partial charge in [0.1, 0.15) is 11.6 Å². The van der Waals surface area contributed by atoms with Gasteiger partial charge in [0.25, 0.3) is 0 Å². The molecule has 0 aliphatic heterocycles. The zero-order valence-electron chi connectivity index (χ0n) is 18.5. The maximum absolute atomic E-state index is 13.3. The first-order valence-electron chi connectivity index (χ1n) is 11.1. The lowest BCUT2D eigenvalue weighted by Crippen LogP contribution is -2.43. The number of hydrogen-bond donors (Lipinski definition) is 1. The number of anilines is 2. The topological polar surface area (TPSA) is 91.0 Å². The fourth-order valence-electron chi connectivity index (χ4n) is 3.53. The summed E-state index contributed by atoms with van der Waals surface area (Å²) in [5.74, 6) is 0.767. The van der Waals surface area contributed by atoms with Crippen LogP contribution >= 0.6 is 11.6 Å². The van der Waals surface area contributed by atoms with Crippen LogP contribution < -0.4 is 21.4 Å². The Labute approximate surface area is 204 Å². The maximum Gasteiger partial charge on any atom is 0.354 e. The zero-order chi connectivity index (χ0) is 24.4. The molecule has 10 heteroatoms. The number of ether oxygens (including phenoxy) is 1. The van der Waals surface area contributed by atoms with E-state index in [-0.39, 0.29) is 18.4 Å². The minimum absolute atomic E-state index is 0.135. The van der Waals surface area contributed by atoms with Crippen LogP contribution in [-0.4, -0.2) is 19.1 Å². The normalized spacial score (nSPS) is 13.0. The predicted octanol–water partition coefficient (Wildman–Crippen LogP) is 4.59. The van der Waals surface area contributed by atoms with Crippen molar-refractivity contribution in [2.24, 2.45) is 5.92 Å². The molecule has 1 aliphatic rings. The molecule has 0 saturated heterocycles. The lowest BCUT2D eigenvalue weighted by atomic mass is 10.2. The molecule has 1 aliphatic carbocycles. The molecule has 35 heavy (non-hydrogen) atoms. The smallest absolute Gasteiger partial charge is 0.354 e. The Morgan fingerprint density at radius 1 is 1.00 bits per heavy atom. The third kappa shape index (κ3) is 5.58. The van der Waals surface area contributed by atoms with Gasteiger partial charge in [-0.2, -0.15) is 4.98 Å². The van der Waals surface area contributed by atoms with Crippen molar-refractivity contribution in [2.45, 2.75) is 25.9 Å². The van der Waals surface area contributed by atoms with Crippen molar-refractivity contribution in [3.8, 4) is 11.6 Å². The first-order valence-corrected chi connectivity index (χ1v) is 11.4. The minimum atomic E-state index is -0.584. The van der Waals surface area contributed by atoms with Crippen molar-refractivity contribution in [3.05, 3.63) is 104 Å². The molecule has 8 nitrogen and oxygen atoms in total. The Hall–Kier alpha value is -3.98. The van der Waals surface area contributed by atoms with Gasteiger partial charge in [-0.3, -0.25) is 4.57 Å². The Bertz CT molecular complexity index is 1450. The van der Waals surface area contributed by atoms with Crippen molar-refractivity contribution >= 4 is 23.2 Å². The van der Waals surface area contributed by atoms with Crippen LogP contribution in [0.3, 0.4) is 0 Å². The third-order valence-electron chi connectivity index (χ3n) is 5.57. The average molecular weight is 494 g/mol. The monoisotopic (exact) mass is 493 g/mol. The van der Waals surface area contributed by atoms with Crippen LogP contribution in [0.15, 0.2) is 76.4 Å². The van der Waals surface area contributed by atoms with E-state index in [9.17, 15) is 14.0 Å². The highest BCUT2D eigenvalue weighted by Crippen LogP contribution is 2.29. The van der Waals surface area contributed by atoms with E-state index in [0.29, 0.717) is 28.9 Å². The fourth-order valence-corrected chi connectivity index (χ4v) is 3.66. The van der Waals surface area contributed by atoms with E-state index in [1.165, 1.54) is 21.3 Å². The summed E-state index contributed by atoms with van der Waals surface area (Å²) < 4.78 is 21.3. The van der Waals surface area contributed by atoms with E-state index >= 15 is 0 Å². The van der Waals surface area contributed by atoms with E-state index in [1.807, 2.05) is 12.1 Å². The summed E-state index contributed by atoms with van der Waals surface area (Å²) in [4.78, 5) is 34.0. The predicted molar refractivity (Wildman–Crippen MR) is 130 cm³/mol. The van der Waals surface area contributed by atoms with E-state index < -0.39 is 17.2 Å². The second kappa shape index (κ2) is 9.71. The van der Waals surface area contributed by atoms with Crippen LogP contribution in [0.25, 0.3) is 0 Å². The van der Waals surface area contributed by atoms with Gasteiger partial charge in [-0.25, -0.2) is 23.5 Å². The molecule has 5 rings (SSSR count). The second-order valence-corrected chi connectivity index (χ2v) is 8.77. The van der Waals surface area contributed by atoms with Gasteiger partial charge in [-0.05, 0) is 66.8 Å². The molecule has 0 atom stereocenters. The molecule has 0 amide bonds. The van der Waals surface area contributed by atoms with Gasteiger partial charge >= 0.3 is 11.4 Å². The largest absolute Gasteiger partial charge is 0.439 e. The summed E-state index contributed by atoms with van der Waals surface area (Å²) in [6.45, 7) is 0.586. The van der Waals surface area contributed by atoms with Gasteiger partial charge < -0.3 is 10.1 Å². The maximum atomic E-state index is 13.3. The summed E-state index contributed by atoms with van der Waals surface area (Å²) in [7, 11) is 0. The molecule has 4 aromatic rings. The van der Waals surface area contributed by atoms with E-state index in [4.69, 9.17) is 16.3 Å². The van der Waals surface area contributed by atoms with Gasteiger partial charge in [0.15, 0.2) is 0 Å². The number of nitrogens with one attached hydrogen (secondary N) is 1. The van der Waals surface area contributed by atoms with Gasteiger partial charge in [-0.15, -0.1) is 0 Å². The van der Waals surface area contributed by atoms with E-state index in [2.05, 4.69) is 15.3 Å². The second-order valence-electron chi connectivity index (χ2n) is 8.33. The van der Waals surface area contributed by atoms with Crippen LogP contribution in [0.1, 0.15) is 18.4 Å². The quantitative estimate of drug-likeness (QED) is 0.386. The molecular formula is C25H21ClFN5O3. The number of rotatable bonds is 8.